The number of benzene rings is 2. The van der Waals surface area contributed by atoms with Gasteiger partial charge in [0.25, 0.3) is 0 Å². The number of aryl methyl sites for hydroxylation is 1. The Morgan fingerprint density at radius 1 is 0.815 bits per heavy atom. The van der Waals surface area contributed by atoms with Gasteiger partial charge in [0.2, 0.25) is 0 Å². The van der Waals surface area contributed by atoms with Crippen LogP contribution in [0.3, 0.4) is 0 Å². The van der Waals surface area contributed by atoms with Crippen LogP contribution in [0.1, 0.15) is 73.1 Å². The molecular weight excluding hydrogens is 338 g/mol. The highest BCUT2D eigenvalue weighted by Crippen LogP contribution is 2.38. The largest absolute Gasteiger partial charge is 0.204 e. The van der Waals surface area contributed by atoms with Gasteiger partial charge < -0.3 is 0 Å². The van der Waals surface area contributed by atoms with Crippen LogP contribution in [0.15, 0.2) is 48.6 Å². The molecule has 4 rings (SSSR count). The molecule has 0 N–H and O–H groups in total. The van der Waals surface area contributed by atoms with Crippen LogP contribution in [0.2, 0.25) is 0 Å². The van der Waals surface area contributed by atoms with E-state index in [-0.39, 0.29) is 5.92 Å². The molecule has 2 heteroatoms. The number of allylic oxidation sites excluding steroid dienone is 2. The summed E-state index contributed by atoms with van der Waals surface area (Å²) >= 11 is 0. The SMILES string of the molecule is C/C=C/C1CCC(c2ccc(C3CCc4ccc(F)c(F)c4C3)cc2)CC1. The van der Waals surface area contributed by atoms with Crippen molar-refractivity contribution in [1.82, 2.24) is 0 Å². The maximum atomic E-state index is 14.2. The van der Waals surface area contributed by atoms with Crippen molar-refractivity contribution in [2.24, 2.45) is 5.92 Å². The topological polar surface area (TPSA) is 0 Å². The summed E-state index contributed by atoms with van der Waals surface area (Å²) in [4.78, 5) is 0. The van der Waals surface area contributed by atoms with Crippen LogP contribution >= 0.6 is 0 Å². The Kier molecular flexibility index (Phi) is 5.43. The summed E-state index contributed by atoms with van der Waals surface area (Å²) in [6.45, 7) is 2.11. The Morgan fingerprint density at radius 3 is 2.15 bits per heavy atom. The lowest BCUT2D eigenvalue weighted by molar-refractivity contribution is 0.375. The van der Waals surface area contributed by atoms with Crippen molar-refractivity contribution in [3.63, 3.8) is 0 Å². The molecule has 0 aliphatic heterocycles. The van der Waals surface area contributed by atoms with Crippen molar-refractivity contribution in [3.8, 4) is 0 Å². The van der Waals surface area contributed by atoms with Crippen molar-refractivity contribution >= 4 is 0 Å². The summed E-state index contributed by atoms with van der Waals surface area (Å²) in [5.41, 5.74) is 4.25. The van der Waals surface area contributed by atoms with Gasteiger partial charge >= 0.3 is 0 Å². The molecule has 2 aliphatic rings. The highest BCUT2D eigenvalue weighted by Gasteiger charge is 2.25. The van der Waals surface area contributed by atoms with Gasteiger partial charge in [-0.1, -0.05) is 42.5 Å². The molecule has 142 valence electrons. The second kappa shape index (κ2) is 7.96. The van der Waals surface area contributed by atoms with Crippen LogP contribution in [-0.2, 0) is 12.8 Å². The molecule has 0 nitrogen and oxygen atoms in total. The first-order chi connectivity index (χ1) is 13.2. The Labute approximate surface area is 161 Å². The molecule has 1 atom stereocenters. The van der Waals surface area contributed by atoms with E-state index in [1.165, 1.54) is 42.9 Å². The summed E-state index contributed by atoms with van der Waals surface area (Å²) in [6, 6.07) is 12.0. The van der Waals surface area contributed by atoms with E-state index in [1.54, 1.807) is 6.07 Å². The third-order valence-electron chi connectivity index (χ3n) is 6.62. The van der Waals surface area contributed by atoms with E-state index < -0.39 is 11.6 Å². The molecule has 2 aromatic rings. The van der Waals surface area contributed by atoms with E-state index in [2.05, 4.69) is 43.3 Å². The molecule has 0 aromatic heterocycles. The van der Waals surface area contributed by atoms with Crippen LogP contribution in [0.5, 0.6) is 0 Å². The summed E-state index contributed by atoms with van der Waals surface area (Å²) in [5.74, 6) is 0.334. The fourth-order valence-electron chi connectivity index (χ4n) is 5.01. The van der Waals surface area contributed by atoms with Crippen molar-refractivity contribution in [3.05, 3.63) is 82.4 Å². The van der Waals surface area contributed by atoms with Crippen LogP contribution in [-0.4, -0.2) is 0 Å². The third kappa shape index (κ3) is 3.85. The summed E-state index contributed by atoms with van der Waals surface area (Å²) in [7, 11) is 0. The van der Waals surface area contributed by atoms with Gasteiger partial charge in [-0.3, -0.25) is 0 Å². The van der Waals surface area contributed by atoms with Gasteiger partial charge in [0.1, 0.15) is 0 Å². The minimum Gasteiger partial charge on any atom is -0.204 e. The van der Waals surface area contributed by atoms with E-state index in [0.717, 1.165) is 24.3 Å². The molecule has 1 unspecified atom stereocenters. The average Bonchev–Trinajstić information content (AvgIpc) is 2.72. The summed E-state index contributed by atoms with van der Waals surface area (Å²) in [5, 5.41) is 0. The van der Waals surface area contributed by atoms with Gasteiger partial charge in [-0.25, -0.2) is 8.78 Å². The number of hydrogen-bond donors (Lipinski definition) is 0. The summed E-state index contributed by atoms with van der Waals surface area (Å²) in [6.07, 6.45) is 12.0. The molecular formula is C25H28F2. The molecule has 1 fully saturated rings. The van der Waals surface area contributed by atoms with E-state index in [9.17, 15) is 8.78 Å². The monoisotopic (exact) mass is 366 g/mol. The maximum Gasteiger partial charge on any atom is 0.162 e. The predicted molar refractivity (Wildman–Crippen MR) is 107 cm³/mol. The molecule has 1 saturated carbocycles. The van der Waals surface area contributed by atoms with Crippen molar-refractivity contribution in [2.75, 3.05) is 0 Å². The standard InChI is InChI=1S/C25H28F2/c1-2-3-17-4-6-18(7-5-17)19-8-10-20(11-9-19)22-13-12-21-14-15-24(26)25(27)23(21)16-22/h2-3,8-11,14-15,17-18,22H,4-7,12-13,16H2,1H3/b3-2+. The normalized spacial score (nSPS) is 25.5. The molecule has 0 amide bonds. The van der Waals surface area contributed by atoms with Gasteiger partial charge in [-0.05, 0) is 97.9 Å². The Morgan fingerprint density at radius 2 is 1.48 bits per heavy atom. The first-order valence-corrected chi connectivity index (χ1v) is 10.3. The zero-order valence-electron chi connectivity index (χ0n) is 16.1. The fraction of sp³-hybridized carbons (Fsp3) is 0.440. The lowest BCUT2D eigenvalue weighted by Gasteiger charge is -2.28. The Bertz CT molecular complexity index is 811. The van der Waals surface area contributed by atoms with Gasteiger partial charge in [-0.15, -0.1) is 0 Å². The van der Waals surface area contributed by atoms with Crippen LogP contribution in [0.25, 0.3) is 0 Å². The first-order valence-electron chi connectivity index (χ1n) is 10.3. The van der Waals surface area contributed by atoms with Gasteiger partial charge in [0.15, 0.2) is 11.6 Å². The average molecular weight is 366 g/mol. The lowest BCUT2D eigenvalue weighted by atomic mass is 9.77. The third-order valence-corrected chi connectivity index (χ3v) is 6.62. The zero-order chi connectivity index (χ0) is 18.8. The maximum absolute atomic E-state index is 14.2. The highest BCUT2D eigenvalue weighted by molar-refractivity contribution is 5.36. The second-order valence-corrected chi connectivity index (χ2v) is 8.24. The quantitative estimate of drug-likeness (QED) is 0.509. The zero-order valence-corrected chi connectivity index (χ0v) is 16.1. The number of rotatable bonds is 3. The van der Waals surface area contributed by atoms with Crippen LogP contribution < -0.4 is 0 Å². The first kappa shape index (κ1) is 18.4. The van der Waals surface area contributed by atoms with Crippen LogP contribution in [0.4, 0.5) is 8.78 Å². The molecule has 0 spiro atoms. The fourth-order valence-corrected chi connectivity index (χ4v) is 5.01. The van der Waals surface area contributed by atoms with Gasteiger partial charge in [-0.2, -0.15) is 0 Å². The van der Waals surface area contributed by atoms with Crippen LogP contribution in [0, 0.1) is 17.6 Å². The number of fused-ring (bicyclic) bond motifs is 1. The number of halogens is 2. The second-order valence-electron chi connectivity index (χ2n) is 8.24. The molecule has 2 aliphatic carbocycles. The highest BCUT2D eigenvalue weighted by atomic mass is 19.2. The summed E-state index contributed by atoms with van der Waals surface area (Å²) < 4.78 is 27.8. The molecule has 2 aromatic carbocycles. The number of hydrogen-bond acceptors (Lipinski definition) is 0. The molecule has 0 saturated heterocycles. The molecule has 0 heterocycles. The van der Waals surface area contributed by atoms with Gasteiger partial charge in [0.05, 0.1) is 0 Å². The van der Waals surface area contributed by atoms with E-state index >= 15 is 0 Å². The molecule has 27 heavy (non-hydrogen) atoms. The van der Waals surface area contributed by atoms with E-state index in [0.29, 0.717) is 17.9 Å². The smallest absolute Gasteiger partial charge is 0.162 e. The lowest BCUT2D eigenvalue weighted by Crippen LogP contribution is -2.15. The van der Waals surface area contributed by atoms with Gasteiger partial charge in [0, 0.05) is 0 Å². The Hall–Kier alpha value is -1.96. The van der Waals surface area contributed by atoms with E-state index in [1.807, 2.05) is 0 Å². The molecule has 0 radical (unpaired) electrons. The Balaban J connectivity index is 1.45. The minimum atomic E-state index is -0.724. The van der Waals surface area contributed by atoms with Crippen molar-refractivity contribution in [1.29, 1.82) is 0 Å². The minimum absolute atomic E-state index is 0.285. The van der Waals surface area contributed by atoms with E-state index in [4.69, 9.17) is 0 Å². The predicted octanol–water partition coefficient (Wildman–Crippen LogP) is 7.09. The van der Waals surface area contributed by atoms with Crippen molar-refractivity contribution in [2.45, 2.75) is 63.7 Å². The molecule has 0 bridgehead atoms. The van der Waals surface area contributed by atoms with Crippen molar-refractivity contribution < 1.29 is 8.78 Å².